The van der Waals surface area contributed by atoms with Crippen LogP contribution >= 0.6 is 11.6 Å². The number of carboxylic acids is 1. The number of hydrogen-bond acceptors (Lipinski definition) is 6. The Balaban J connectivity index is 1.65. The van der Waals surface area contributed by atoms with Crippen molar-refractivity contribution in [2.75, 3.05) is 13.2 Å². The maximum Gasteiger partial charge on any atom is 0.528 e. The Morgan fingerprint density at radius 2 is 1.85 bits per heavy atom. The van der Waals surface area contributed by atoms with Crippen LogP contribution in [0.25, 0.3) is 0 Å². The van der Waals surface area contributed by atoms with Crippen molar-refractivity contribution in [3.05, 3.63) is 99.8 Å². The van der Waals surface area contributed by atoms with Crippen LogP contribution in [-0.2, 0) is 27.4 Å². The fraction of sp³-hybridized carbons (Fsp3) is 0.200. The van der Waals surface area contributed by atoms with Crippen molar-refractivity contribution < 1.29 is 33.4 Å². The maximum atomic E-state index is 14.3. The minimum Gasteiger partial charge on any atom is -0.482 e. The fourth-order valence-electron chi connectivity index (χ4n) is 3.87. The first-order chi connectivity index (χ1) is 16.4. The number of ether oxygens (including phenoxy) is 2. The van der Waals surface area contributed by atoms with Crippen LogP contribution in [0.15, 0.2) is 66.7 Å². The highest BCUT2D eigenvalue weighted by atomic mass is 35.5. The SMILES string of the molecule is O=C(O)COc1ccc(F)cc1C1c2cccc(Cl)c2CCN1OC(=O)OCc1ccccc1. The molecule has 1 aliphatic rings. The molecule has 1 N–H and O–H groups in total. The number of carbonyl (C=O) groups excluding carboxylic acids is 1. The molecule has 1 heterocycles. The third kappa shape index (κ3) is 5.47. The number of carboxylic acid groups (broad SMARTS) is 1. The number of halogens is 2. The summed E-state index contributed by atoms with van der Waals surface area (Å²) in [5.41, 5.74) is 2.59. The largest absolute Gasteiger partial charge is 0.528 e. The lowest BCUT2D eigenvalue weighted by Gasteiger charge is -2.36. The van der Waals surface area contributed by atoms with Gasteiger partial charge in [-0.15, -0.1) is 5.06 Å². The van der Waals surface area contributed by atoms with Crippen molar-refractivity contribution in [3.63, 3.8) is 0 Å². The van der Waals surface area contributed by atoms with Gasteiger partial charge < -0.3 is 19.4 Å². The summed E-state index contributed by atoms with van der Waals surface area (Å²) in [6.45, 7) is -0.349. The Hall–Kier alpha value is -3.62. The average molecular weight is 486 g/mol. The molecule has 0 fully saturated rings. The second kappa shape index (κ2) is 10.5. The molecule has 0 radical (unpaired) electrons. The average Bonchev–Trinajstić information content (AvgIpc) is 2.82. The third-order valence-electron chi connectivity index (χ3n) is 5.33. The molecule has 4 rings (SSSR count). The van der Waals surface area contributed by atoms with Gasteiger partial charge >= 0.3 is 12.1 Å². The van der Waals surface area contributed by atoms with Crippen LogP contribution in [0.1, 0.15) is 28.3 Å². The van der Waals surface area contributed by atoms with E-state index in [0.29, 0.717) is 22.6 Å². The van der Waals surface area contributed by atoms with Crippen LogP contribution in [0.5, 0.6) is 5.75 Å². The summed E-state index contributed by atoms with van der Waals surface area (Å²) in [6, 6.07) is 17.4. The summed E-state index contributed by atoms with van der Waals surface area (Å²) in [4.78, 5) is 29.1. The van der Waals surface area contributed by atoms with E-state index in [2.05, 4.69) is 0 Å². The predicted molar refractivity (Wildman–Crippen MR) is 121 cm³/mol. The van der Waals surface area contributed by atoms with E-state index in [1.807, 2.05) is 30.3 Å². The normalized spacial score (nSPS) is 15.3. The molecule has 0 aromatic heterocycles. The highest BCUT2D eigenvalue weighted by Gasteiger charge is 2.35. The standard InChI is InChI=1S/C25H21ClFNO6/c26-21-8-4-7-19-18(21)11-12-28(34-25(31)33-14-16-5-2-1-3-6-16)24(19)20-13-17(27)9-10-22(20)32-15-23(29)30/h1-10,13,24H,11-12,14-15H2,(H,29,30). The minimum absolute atomic E-state index is 0.0214. The van der Waals surface area contributed by atoms with E-state index in [-0.39, 0.29) is 18.9 Å². The zero-order valence-corrected chi connectivity index (χ0v) is 18.7. The topological polar surface area (TPSA) is 85.3 Å². The Morgan fingerprint density at radius 1 is 1.06 bits per heavy atom. The molecule has 1 aliphatic heterocycles. The minimum atomic E-state index is -1.18. The van der Waals surface area contributed by atoms with Crippen molar-refractivity contribution in [1.29, 1.82) is 0 Å². The Bertz CT molecular complexity index is 1190. The number of fused-ring (bicyclic) bond motifs is 1. The highest BCUT2D eigenvalue weighted by Crippen LogP contribution is 2.41. The predicted octanol–water partition coefficient (Wildman–Crippen LogP) is 5.16. The Labute approximate surface area is 200 Å². The molecule has 0 saturated carbocycles. The van der Waals surface area contributed by atoms with Crippen molar-refractivity contribution in [2.24, 2.45) is 0 Å². The number of hydroxylamine groups is 2. The maximum absolute atomic E-state index is 14.3. The molecule has 3 aromatic carbocycles. The van der Waals surface area contributed by atoms with E-state index < -0.39 is 30.6 Å². The van der Waals surface area contributed by atoms with Crippen LogP contribution in [-0.4, -0.2) is 35.4 Å². The smallest absolute Gasteiger partial charge is 0.482 e. The summed E-state index contributed by atoms with van der Waals surface area (Å²) in [5, 5.41) is 10.9. The van der Waals surface area contributed by atoms with Gasteiger partial charge in [-0.1, -0.05) is 54.1 Å². The first kappa shape index (κ1) is 23.5. The molecule has 176 valence electrons. The molecule has 7 nitrogen and oxygen atoms in total. The lowest BCUT2D eigenvalue weighted by atomic mass is 9.89. The number of benzene rings is 3. The molecule has 9 heteroatoms. The van der Waals surface area contributed by atoms with Crippen LogP contribution in [0.2, 0.25) is 5.02 Å². The molecule has 1 unspecified atom stereocenters. The van der Waals surface area contributed by atoms with Crippen molar-refractivity contribution in [2.45, 2.75) is 19.1 Å². The van der Waals surface area contributed by atoms with Gasteiger partial charge in [0.15, 0.2) is 6.61 Å². The Morgan fingerprint density at radius 3 is 2.62 bits per heavy atom. The van der Waals surface area contributed by atoms with Gasteiger partial charge in [0, 0.05) is 17.1 Å². The van der Waals surface area contributed by atoms with Gasteiger partial charge in [-0.05, 0) is 47.4 Å². The molecule has 0 saturated heterocycles. The second-order valence-electron chi connectivity index (χ2n) is 7.58. The number of carbonyl (C=O) groups is 2. The lowest BCUT2D eigenvalue weighted by molar-refractivity contribution is -0.152. The second-order valence-corrected chi connectivity index (χ2v) is 7.99. The number of rotatable bonds is 7. The van der Waals surface area contributed by atoms with Crippen molar-refractivity contribution >= 4 is 23.7 Å². The molecule has 0 bridgehead atoms. The van der Waals surface area contributed by atoms with Gasteiger partial charge in [-0.2, -0.15) is 0 Å². The highest BCUT2D eigenvalue weighted by molar-refractivity contribution is 6.31. The molecular weight excluding hydrogens is 465 g/mol. The van der Waals surface area contributed by atoms with Gasteiger partial charge in [0.25, 0.3) is 0 Å². The van der Waals surface area contributed by atoms with Gasteiger partial charge in [0.2, 0.25) is 0 Å². The van der Waals surface area contributed by atoms with E-state index in [4.69, 9.17) is 31.0 Å². The summed E-state index contributed by atoms with van der Waals surface area (Å²) >= 11 is 6.41. The first-order valence-corrected chi connectivity index (χ1v) is 10.9. The molecule has 1 atom stereocenters. The molecule has 0 amide bonds. The summed E-state index contributed by atoms with van der Waals surface area (Å²) in [6.07, 6.45) is -0.457. The van der Waals surface area contributed by atoms with Gasteiger partial charge in [0.05, 0.1) is 0 Å². The number of nitrogens with zero attached hydrogens (tertiary/aromatic N) is 1. The zero-order chi connectivity index (χ0) is 24.1. The summed E-state index contributed by atoms with van der Waals surface area (Å²) < 4.78 is 25.0. The number of hydrogen-bond donors (Lipinski definition) is 1. The number of aliphatic carboxylic acids is 1. The molecule has 0 spiro atoms. The van der Waals surface area contributed by atoms with Crippen LogP contribution in [0, 0.1) is 5.82 Å². The lowest BCUT2D eigenvalue weighted by Crippen LogP contribution is -2.38. The van der Waals surface area contributed by atoms with Gasteiger partial charge in [-0.3, -0.25) is 0 Å². The monoisotopic (exact) mass is 485 g/mol. The first-order valence-electron chi connectivity index (χ1n) is 10.5. The quantitative estimate of drug-likeness (QED) is 0.463. The van der Waals surface area contributed by atoms with Gasteiger partial charge in [-0.25, -0.2) is 14.0 Å². The molecule has 3 aromatic rings. The van der Waals surface area contributed by atoms with Crippen molar-refractivity contribution in [1.82, 2.24) is 5.06 Å². The molecule has 0 aliphatic carbocycles. The molecular formula is C25H21ClFNO6. The zero-order valence-electron chi connectivity index (χ0n) is 17.9. The van der Waals surface area contributed by atoms with E-state index in [1.165, 1.54) is 23.3 Å². The fourth-order valence-corrected chi connectivity index (χ4v) is 4.14. The van der Waals surface area contributed by atoms with E-state index in [0.717, 1.165) is 11.1 Å². The van der Waals surface area contributed by atoms with Crippen molar-refractivity contribution in [3.8, 4) is 5.75 Å². The Kier molecular flexibility index (Phi) is 7.30. The third-order valence-corrected chi connectivity index (χ3v) is 5.68. The van der Waals surface area contributed by atoms with Crippen LogP contribution in [0.4, 0.5) is 9.18 Å². The summed E-state index contributed by atoms with van der Waals surface area (Å²) in [5.74, 6) is -1.59. The summed E-state index contributed by atoms with van der Waals surface area (Å²) in [7, 11) is 0. The van der Waals surface area contributed by atoms with Crippen LogP contribution in [0.3, 0.4) is 0 Å². The van der Waals surface area contributed by atoms with E-state index >= 15 is 0 Å². The van der Waals surface area contributed by atoms with E-state index in [1.54, 1.807) is 18.2 Å². The molecule has 34 heavy (non-hydrogen) atoms. The van der Waals surface area contributed by atoms with E-state index in [9.17, 15) is 14.0 Å². The van der Waals surface area contributed by atoms with Gasteiger partial charge in [0.1, 0.15) is 24.2 Å². The van der Waals surface area contributed by atoms with Crippen LogP contribution < -0.4 is 4.74 Å².